The number of benzene rings is 1. The van der Waals surface area contributed by atoms with Gasteiger partial charge in [-0.25, -0.2) is 0 Å². The minimum absolute atomic E-state index is 0.00325. The number of fused-ring (bicyclic) bond motifs is 3. The predicted octanol–water partition coefficient (Wildman–Crippen LogP) is -11.6. The number of carbonyl (C=O) groups is 1. The third-order valence-corrected chi connectivity index (χ3v) is 11.1. The second kappa shape index (κ2) is 9.48. The maximum absolute atomic E-state index is 14.9. The highest BCUT2D eigenvalue weighted by molar-refractivity contribution is 6.73. The molecule has 2 aliphatic rings. The van der Waals surface area contributed by atoms with E-state index >= 15 is 0 Å². The third kappa shape index (κ3) is 4.71. The number of carbonyl (C=O) groups excluding carboxylic acids is 1. The lowest BCUT2D eigenvalue weighted by atomic mass is 9.04. The molecule has 0 saturated carbocycles. The van der Waals surface area contributed by atoms with Gasteiger partial charge >= 0.3 is 0 Å². The summed E-state index contributed by atoms with van der Waals surface area (Å²) in [7, 11) is 35.8. The second-order valence-corrected chi connectivity index (χ2v) is 16.7. The maximum atomic E-state index is 14.9. The van der Waals surface area contributed by atoms with Gasteiger partial charge in [0, 0.05) is 29.7 Å². The first kappa shape index (κ1) is 31.9. The minimum Gasteiger partial charge on any atom is -0.510 e. The number of Topliss-reactive ketones (excluding diaryl/α,β-unsaturated/α-hetero) is 1. The topological polar surface area (TPSA) is 38.8 Å². The lowest BCUT2D eigenvalue weighted by Crippen LogP contribution is -2.65. The molecule has 1 saturated heterocycles. The normalized spacial score (nSPS) is 24.7. The van der Waals surface area contributed by atoms with Crippen LogP contribution in [-0.4, -0.2) is 154 Å². The van der Waals surface area contributed by atoms with Crippen molar-refractivity contribution in [1.82, 2.24) is 4.90 Å². The van der Waals surface area contributed by atoms with Gasteiger partial charge in [0.25, 0.3) is 0 Å². The molecular weight excluding hydrogens is 452 g/mol. The quantitative estimate of drug-likeness (QED) is 0.353. The Morgan fingerprint density at radius 1 is 0.868 bits per heavy atom. The van der Waals surface area contributed by atoms with Crippen molar-refractivity contribution in [2.45, 2.75) is 49.0 Å². The first-order chi connectivity index (χ1) is 16.9. The minimum atomic E-state index is -0.566. The summed E-state index contributed by atoms with van der Waals surface area (Å²) in [6.45, 7) is 1.69. The van der Waals surface area contributed by atoms with Gasteiger partial charge in [-0.3, -0.25) is 4.90 Å². The number of piperidine rings is 1. The van der Waals surface area contributed by atoms with E-state index in [2.05, 4.69) is 135 Å². The molecule has 4 nitrogen and oxygen atoms in total. The molecular formula is C19H42B15NO3. The number of methoxy groups -OCH3 is 1. The van der Waals surface area contributed by atoms with Crippen molar-refractivity contribution in [3.63, 3.8) is 0 Å². The summed E-state index contributed by atoms with van der Waals surface area (Å²) in [5, 5.41) is -1.81. The van der Waals surface area contributed by atoms with Crippen molar-refractivity contribution in [2.75, 3.05) is 20.2 Å². The molecule has 19 heteroatoms. The van der Waals surface area contributed by atoms with Crippen molar-refractivity contribution in [1.29, 1.82) is 0 Å². The Labute approximate surface area is 246 Å². The van der Waals surface area contributed by atoms with E-state index < -0.39 is 10.5 Å². The molecule has 2 aliphatic heterocycles. The Kier molecular flexibility index (Phi) is 7.97. The SMILES string of the molecule is BC(B)(B)Oc1cc2c(cc1OC)CCN1CC(B)(C(B)(B)C(B)(C(B)(B)B)C(B)(B)B)C(=O)C(B)(B)C21. The van der Waals surface area contributed by atoms with Crippen LogP contribution in [-0.2, 0) is 11.2 Å². The van der Waals surface area contributed by atoms with Crippen LogP contribution in [0, 0.1) is 0 Å². The van der Waals surface area contributed by atoms with E-state index in [-0.39, 0.29) is 32.1 Å². The Morgan fingerprint density at radius 2 is 1.39 bits per heavy atom. The van der Waals surface area contributed by atoms with Crippen LogP contribution in [0.2, 0.25) is 31.3 Å². The summed E-state index contributed by atoms with van der Waals surface area (Å²) in [5.74, 6) is 1.90. The van der Waals surface area contributed by atoms with Crippen LogP contribution in [0.15, 0.2) is 12.1 Å². The monoisotopic (exact) mass is 497 g/mol. The maximum Gasteiger partial charge on any atom is 0.160 e. The van der Waals surface area contributed by atoms with Gasteiger partial charge in [0.1, 0.15) is 60.7 Å². The van der Waals surface area contributed by atoms with Crippen molar-refractivity contribution < 1.29 is 14.3 Å². The fraction of sp³-hybridized carbons (Fsp3) is 0.632. The number of hydrogen-bond donors (Lipinski definition) is 0. The first-order valence-electron chi connectivity index (χ1n) is 14.6. The van der Waals surface area contributed by atoms with Crippen LogP contribution in [0.4, 0.5) is 0 Å². The summed E-state index contributed by atoms with van der Waals surface area (Å²) in [5.41, 5.74) is 2.48. The molecule has 2 atom stereocenters. The number of rotatable bonds is 7. The predicted molar refractivity (Wildman–Crippen MR) is 204 cm³/mol. The summed E-state index contributed by atoms with van der Waals surface area (Å²) in [6, 6.07) is 4.31. The van der Waals surface area contributed by atoms with E-state index in [0.717, 1.165) is 31.0 Å². The van der Waals surface area contributed by atoms with Crippen LogP contribution in [0.1, 0.15) is 17.2 Å². The van der Waals surface area contributed by atoms with E-state index in [1.165, 1.54) is 11.1 Å². The largest absolute Gasteiger partial charge is 0.510 e. The molecule has 0 spiro atoms. The molecule has 2 unspecified atom stereocenters. The lowest BCUT2D eigenvalue weighted by Gasteiger charge is -2.70. The summed E-state index contributed by atoms with van der Waals surface area (Å²) >= 11 is 0. The van der Waals surface area contributed by atoms with Crippen molar-refractivity contribution >= 4 is 123 Å². The highest BCUT2D eigenvalue weighted by atomic mass is 16.5. The lowest BCUT2D eigenvalue weighted by molar-refractivity contribution is -0.130. The van der Waals surface area contributed by atoms with Crippen molar-refractivity contribution in [3.05, 3.63) is 23.3 Å². The summed E-state index contributed by atoms with van der Waals surface area (Å²) in [4.78, 5) is 17.5. The van der Waals surface area contributed by atoms with E-state index in [1.807, 2.05) is 0 Å². The molecule has 186 valence electrons. The number of ether oxygens (including phenoxy) is 2. The van der Waals surface area contributed by atoms with Gasteiger partial charge in [0.15, 0.2) is 11.5 Å². The summed E-state index contributed by atoms with van der Waals surface area (Å²) < 4.78 is 12.1. The van der Waals surface area contributed by atoms with E-state index in [9.17, 15) is 4.79 Å². The highest BCUT2D eigenvalue weighted by Crippen LogP contribution is 2.76. The van der Waals surface area contributed by atoms with Crippen LogP contribution in [0.5, 0.6) is 11.5 Å². The number of hydrogen-bond acceptors (Lipinski definition) is 4. The molecule has 2 heterocycles. The Balaban J connectivity index is 2.19. The Hall–Kier alpha value is -0.576. The van der Waals surface area contributed by atoms with Gasteiger partial charge in [0.05, 0.1) is 69.9 Å². The van der Waals surface area contributed by atoms with Gasteiger partial charge in [-0.2, -0.15) is 0 Å². The highest BCUT2D eigenvalue weighted by Gasteiger charge is 2.66. The Bertz CT molecular complexity index is 1100. The molecule has 0 amide bonds. The van der Waals surface area contributed by atoms with Gasteiger partial charge in [-0.05, 0) is 34.9 Å². The smallest absolute Gasteiger partial charge is 0.160 e. The molecule has 1 aromatic rings. The Morgan fingerprint density at radius 3 is 1.84 bits per heavy atom. The average molecular weight is 495 g/mol. The molecule has 0 aromatic heterocycles. The van der Waals surface area contributed by atoms with Gasteiger partial charge in [0.2, 0.25) is 0 Å². The van der Waals surface area contributed by atoms with Crippen LogP contribution >= 0.6 is 0 Å². The molecule has 1 fully saturated rings. The van der Waals surface area contributed by atoms with E-state index in [0.29, 0.717) is 5.78 Å². The van der Waals surface area contributed by atoms with Crippen molar-refractivity contribution in [2.24, 2.45) is 0 Å². The van der Waals surface area contributed by atoms with Crippen LogP contribution in [0.25, 0.3) is 0 Å². The third-order valence-electron chi connectivity index (χ3n) is 11.1. The standard InChI is InChI=1S/C19H42B15NO3/c1-37-9-4-7-2-3-35-6-13(20,16(24,25)15(23,17(26,27)28)18(29,30)31)12(36)14(21,22)11(35)8(7)5-10(9)38-19(32,33)34/h4-5,11H,2-3,6,20-34H2,1H3. The molecule has 3 rings (SSSR count). The fourth-order valence-corrected chi connectivity index (χ4v) is 8.61. The molecule has 0 aliphatic carbocycles. The van der Waals surface area contributed by atoms with Gasteiger partial charge in [-0.15, -0.1) is 10.2 Å². The van der Waals surface area contributed by atoms with Gasteiger partial charge < -0.3 is 14.3 Å². The zero-order valence-electron chi connectivity index (χ0n) is 27.5. The second-order valence-electron chi connectivity index (χ2n) is 16.7. The first-order valence-corrected chi connectivity index (χ1v) is 14.6. The van der Waals surface area contributed by atoms with Crippen LogP contribution in [0.3, 0.4) is 0 Å². The van der Waals surface area contributed by atoms with E-state index in [1.54, 1.807) is 7.11 Å². The van der Waals surface area contributed by atoms with Gasteiger partial charge in [-0.1, -0.05) is 10.5 Å². The fourth-order valence-electron chi connectivity index (χ4n) is 8.61. The average Bonchev–Trinajstić information content (AvgIpc) is 2.73. The molecule has 0 bridgehead atoms. The number of ketones is 1. The molecule has 1 aromatic carbocycles. The zero-order valence-corrected chi connectivity index (χ0v) is 27.5. The molecule has 0 N–H and O–H groups in total. The number of nitrogens with zero attached hydrogens (tertiary/aromatic N) is 1. The van der Waals surface area contributed by atoms with Crippen molar-refractivity contribution in [3.8, 4) is 11.5 Å². The zero-order chi connectivity index (χ0) is 29.5. The van der Waals surface area contributed by atoms with Crippen LogP contribution < -0.4 is 9.47 Å². The molecule has 38 heavy (non-hydrogen) atoms. The summed E-state index contributed by atoms with van der Waals surface area (Å²) in [6.07, 6.45) is 0.939. The van der Waals surface area contributed by atoms with E-state index in [4.69, 9.17) is 9.47 Å². The molecule has 0 radical (unpaired) electrons.